The first-order valence-electron chi connectivity index (χ1n) is 6.25. The lowest BCUT2D eigenvalue weighted by atomic mass is 10.2. The summed E-state index contributed by atoms with van der Waals surface area (Å²) in [6.07, 6.45) is 0.439. The number of para-hydroxylation sites is 1. The van der Waals surface area contributed by atoms with E-state index in [4.69, 9.17) is 4.74 Å². The molecule has 2 heterocycles. The second-order valence-electron chi connectivity index (χ2n) is 4.55. The SMILES string of the molecule is O=C(Cc1cc2ccccc2[nH]1)N1CCOCC1. The molecule has 94 valence electrons. The highest BCUT2D eigenvalue weighted by atomic mass is 16.5. The van der Waals surface area contributed by atoms with Gasteiger partial charge in [0.25, 0.3) is 0 Å². The third-order valence-electron chi connectivity index (χ3n) is 3.29. The summed E-state index contributed by atoms with van der Waals surface area (Å²) in [4.78, 5) is 17.3. The molecule has 0 radical (unpaired) electrons. The van der Waals surface area contributed by atoms with Crippen LogP contribution in [0.1, 0.15) is 5.69 Å². The van der Waals surface area contributed by atoms with Gasteiger partial charge in [-0.2, -0.15) is 0 Å². The quantitative estimate of drug-likeness (QED) is 0.871. The molecule has 1 N–H and O–H groups in total. The number of aromatic amines is 1. The summed E-state index contributed by atoms with van der Waals surface area (Å²) in [6, 6.07) is 10.1. The van der Waals surface area contributed by atoms with Crippen molar-refractivity contribution in [3.8, 4) is 0 Å². The standard InChI is InChI=1S/C14H16N2O2/c17-14(16-5-7-18-8-6-16)10-12-9-11-3-1-2-4-13(11)15-12/h1-4,9,15H,5-8,10H2. The lowest BCUT2D eigenvalue weighted by Gasteiger charge is -2.26. The Balaban J connectivity index is 1.73. The number of amides is 1. The number of aromatic nitrogens is 1. The fourth-order valence-corrected chi connectivity index (χ4v) is 2.32. The molecule has 0 unspecified atom stereocenters. The Kier molecular flexibility index (Phi) is 3.02. The van der Waals surface area contributed by atoms with E-state index < -0.39 is 0 Å². The van der Waals surface area contributed by atoms with Gasteiger partial charge in [-0.25, -0.2) is 0 Å². The molecule has 4 nitrogen and oxygen atoms in total. The summed E-state index contributed by atoms with van der Waals surface area (Å²) in [5.74, 6) is 0.171. The van der Waals surface area contributed by atoms with Crippen LogP contribution in [-0.2, 0) is 16.0 Å². The van der Waals surface area contributed by atoms with E-state index in [2.05, 4.69) is 11.1 Å². The van der Waals surface area contributed by atoms with Crippen LogP contribution in [0.4, 0.5) is 0 Å². The van der Waals surface area contributed by atoms with E-state index in [0.717, 1.165) is 16.6 Å². The monoisotopic (exact) mass is 244 g/mol. The van der Waals surface area contributed by atoms with Gasteiger partial charge < -0.3 is 14.6 Å². The van der Waals surface area contributed by atoms with Crippen molar-refractivity contribution in [2.45, 2.75) is 6.42 Å². The van der Waals surface area contributed by atoms with Gasteiger partial charge in [0, 0.05) is 24.3 Å². The molecular weight excluding hydrogens is 228 g/mol. The van der Waals surface area contributed by atoms with E-state index in [1.807, 2.05) is 29.2 Å². The van der Waals surface area contributed by atoms with Crippen molar-refractivity contribution < 1.29 is 9.53 Å². The average Bonchev–Trinajstić information content (AvgIpc) is 2.82. The van der Waals surface area contributed by atoms with E-state index in [1.54, 1.807) is 0 Å². The topological polar surface area (TPSA) is 45.3 Å². The number of rotatable bonds is 2. The van der Waals surface area contributed by atoms with Gasteiger partial charge in [-0.05, 0) is 17.5 Å². The van der Waals surface area contributed by atoms with Crippen LogP contribution in [0.2, 0.25) is 0 Å². The number of nitrogens with zero attached hydrogens (tertiary/aromatic N) is 1. The van der Waals surface area contributed by atoms with Crippen molar-refractivity contribution in [1.29, 1.82) is 0 Å². The van der Waals surface area contributed by atoms with Crippen LogP contribution >= 0.6 is 0 Å². The van der Waals surface area contributed by atoms with Gasteiger partial charge in [-0.1, -0.05) is 18.2 Å². The number of H-pyrrole nitrogens is 1. The predicted molar refractivity (Wildman–Crippen MR) is 69.4 cm³/mol. The fraction of sp³-hybridized carbons (Fsp3) is 0.357. The number of fused-ring (bicyclic) bond motifs is 1. The highest BCUT2D eigenvalue weighted by molar-refractivity contribution is 5.84. The minimum Gasteiger partial charge on any atom is -0.378 e. The Labute approximate surface area is 106 Å². The lowest BCUT2D eigenvalue weighted by Crippen LogP contribution is -2.41. The maximum Gasteiger partial charge on any atom is 0.228 e. The zero-order valence-electron chi connectivity index (χ0n) is 10.2. The van der Waals surface area contributed by atoms with Crippen molar-refractivity contribution >= 4 is 16.8 Å². The molecule has 1 aromatic heterocycles. The van der Waals surface area contributed by atoms with Gasteiger partial charge in [0.1, 0.15) is 0 Å². The molecule has 0 saturated carbocycles. The number of ether oxygens (including phenoxy) is 1. The van der Waals surface area contributed by atoms with Crippen molar-refractivity contribution in [2.75, 3.05) is 26.3 Å². The van der Waals surface area contributed by atoms with Crippen LogP contribution in [0.25, 0.3) is 10.9 Å². The maximum absolute atomic E-state index is 12.1. The molecule has 0 spiro atoms. The summed E-state index contributed by atoms with van der Waals surface area (Å²) in [6.45, 7) is 2.72. The van der Waals surface area contributed by atoms with Crippen LogP contribution in [0.5, 0.6) is 0 Å². The highest BCUT2D eigenvalue weighted by Gasteiger charge is 2.17. The number of carbonyl (C=O) groups is 1. The van der Waals surface area contributed by atoms with Gasteiger partial charge in [-0.15, -0.1) is 0 Å². The van der Waals surface area contributed by atoms with Gasteiger partial charge >= 0.3 is 0 Å². The van der Waals surface area contributed by atoms with Crippen molar-refractivity contribution in [3.05, 3.63) is 36.0 Å². The van der Waals surface area contributed by atoms with Crippen molar-refractivity contribution in [1.82, 2.24) is 9.88 Å². The molecule has 3 rings (SSSR count). The molecule has 1 amide bonds. The Morgan fingerprint density at radius 3 is 2.83 bits per heavy atom. The van der Waals surface area contributed by atoms with Gasteiger partial charge in [0.2, 0.25) is 5.91 Å². The molecular formula is C14H16N2O2. The number of morpholine rings is 1. The zero-order valence-corrected chi connectivity index (χ0v) is 10.2. The molecule has 1 aliphatic rings. The van der Waals surface area contributed by atoms with Gasteiger partial charge in [-0.3, -0.25) is 4.79 Å². The number of hydrogen-bond donors (Lipinski definition) is 1. The number of carbonyl (C=O) groups excluding carboxylic acids is 1. The van der Waals surface area contributed by atoms with E-state index in [-0.39, 0.29) is 5.91 Å². The van der Waals surface area contributed by atoms with E-state index in [1.165, 1.54) is 0 Å². The minimum atomic E-state index is 0.171. The number of hydrogen-bond acceptors (Lipinski definition) is 2. The number of benzene rings is 1. The smallest absolute Gasteiger partial charge is 0.228 e. The highest BCUT2D eigenvalue weighted by Crippen LogP contribution is 2.15. The summed E-state index contributed by atoms with van der Waals surface area (Å²) >= 11 is 0. The Morgan fingerprint density at radius 1 is 1.28 bits per heavy atom. The van der Waals surface area contributed by atoms with Crippen LogP contribution in [0.3, 0.4) is 0 Å². The first-order valence-corrected chi connectivity index (χ1v) is 6.25. The molecule has 1 aromatic carbocycles. The summed E-state index contributed by atoms with van der Waals surface area (Å²) < 4.78 is 5.25. The molecule has 1 saturated heterocycles. The van der Waals surface area contributed by atoms with Gasteiger partial charge in [0.15, 0.2) is 0 Å². The summed E-state index contributed by atoms with van der Waals surface area (Å²) in [5, 5.41) is 1.15. The summed E-state index contributed by atoms with van der Waals surface area (Å²) in [5.41, 5.74) is 2.06. The van der Waals surface area contributed by atoms with Crippen molar-refractivity contribution in [3.63, 3.8) is 0 Å². The molecule has 0 bridgehead atoms. The third kappa shape index (κ3) is 2.24. The van der Waals surface area contributed by atoms with Crippen molar-refractivity contribution in [2.24, 2.45) is 0 Å². The molecule has 1 aliphatic heterocycles. The molecule has 0 aliphatic carbocycles. The molecule has 2 aromatic rings. The van der Waals surface area contributed by atoms with Crippen LogP contribution in [0.15, 0.2) is 30.3 Å². The van der Waals surface area contributed by atoms with Gasteiger partial charge in [0.05, 0.1) is 19.6 Å². The first-order chi connectivity index (χ1) is 8.83. The molecule has 4 heteroatoms. The molecule has 0 atom stereocenters. The van der Waals surface area contributed by atoms with E-state index >= 15 is 0 Å². The molecule has 18 heavy (non-hydrogen) atoms. The zero-order chi connectivity index (χ0) is 12.4. The second kappa shape index (κ2) is 4.82. The minimum absolute atomic E-state index is 0.171. The second-order valence-corrected chi connectivity index (χ2v) is 4.55. The Bertz CT molecular complexity index is 523. The maximum atomic E-state index is 12.1. The van der Waals surface area contributed by atoms with Crippen LogP contribution < -0.4 is 0 Å². The van der Waals surface area contributed by atoms with Crippen LogP contribution in [-0.4, -0.2) is 42.1 Å². The average molecular weight is 244 g/mol. The normalized spacial score (nSPS) is 16.1. The van der Waals surface area contributed by atoms with E-state index in [0.29, 0.717) is 32.7 Å². The number of nitrogens with one attached hydrogen (secondary N) is 1. The fourth-order valence-electron chi connectivity index (χ4n) is 2.32. The first kappa shape index (κ1) is 11.3. The largest absolute Gasteiger partial charge is 0.378 e. The Morgan fingerprint density at radius 2 is 2.06 bits per heavy atom. The Hall–Kier alpha value is -1.81. The summed E-state index contributed by atoms with van der Waals surface area (Å²) in [7, 11) is 0. The lowest BCUT2D eigenvalue weighted by molar-refractivity contribution is -0.134. The third-order valence-corrected chi connectivity index (χ3v) is 3.29. The van der Waals surface area contributed by atoms with E-state index in [9.17, 15) is 4.79 Å². The van der Waals surface area contributed by atoms with Crippen LogP contribution in [0, 0.1) is 0 Å². The molecule has 1 fully saturated rings. The predicted octanol–water partition coefficient (Wildman–Crippen LogP) is 1.57.